The van der Waals surface area contributed by atoms with Crippen LogP contribution in [0.4, 0.5) is 5.13 Å². The van der Waals surface area contributed by atoms with Gasteiger partial charge in [-0.2, -0.15) is 0 Å². The Balaban J connectivity index is 2.06. The van der Waals surface area contributed by atoms with Gasteiger partial charge in [-0.1, -0.05) is 11.3 Å². The monoisotopic (exact) mass is 294 g/mol. The molecule has 2 heterocycles. The Hall–Kier alpha value is -1.99. The van der Waals surface area contributed by atoms with Crippen LogP contribution in [0.5, 0.6) is 0 Å². The molecule has 0 radical (unpaired) electrons. The number of aliphatic carboxylic acids is 1. The molecule has 0 atom stereocenters. The molecule has 0 aliphatic carbocycles. The zero-order chi connectivity index (χ0) is 13.8. The quantitative estimate of drug-likeness (QED) is 0.850. The lowest BCUT2D eigenvalue weighted by molar-refractivity contribution is -0.131. The minimum atomic E-state index is -1.02. The molecule has 1 amide bonds. The van der Waals surface area contributed by atoms with Gasteiger partial charge in [-0.15, -0.1) is 11.3 Å². The van der Waals surface area contributed by atoms with E-state index in [2.05, 4.69) is 10.3 Å². The standard InChI is InChI=1S/C12H10N2O3S2/c1-7-4-5-18-10(7)11(17)14-12-13-6-8(19-12)2-3-9(15)16/h2-6H,1H3,(H,15,16)(H,13,14,17)/b3-2+. The van der Waals surface area contributed by atoms with E-state index in [1.54, 1.807) is 0 Å². The number of nitrogens with one attached hydrogen (secondary N) is 1. The molecule has 0 saturated heterocycles. The van der Waals surface area contributed by atoms with Gasteiger partial charge in [-0.25, -0.2) is 9.78 Å². The molecule has 2 N–H and O–H groups in total. The maximum absolute atomic E-state index is 11.9. The van der Waals surface area contributed by atoms with Crippen LogP contribution in [0.25, 0.3) is 6.08 Å². The molecule has 0 aliphatic heterocycles. The molecule has 0 aliphatic rings. The van der Waals surface area contributed by atoms with Crippen LogP contribution < -0.4 is 5.32 Å². The van der Waals surface area contributed by atoms with Crippen molar-refractivity contribution in [3.63, 3.8) is 0 Å². The average Bonchev–Trinajstić information content (AvgIpc) is 2.95. The van der Waals surface area contributed by atoms with Gasteiger partial charge in [0, 0.05) is 17.2 Å². The lowest BCUT2D eigenvalue weighted by Crippen LogP contribution is -2.10. The largest absolute Gasteiger partial charge is 0.478 e. The van der Waals surface area contributed by atoms with Crippen LogP contribution in [0.15, 0.2) is 23.7 Å². The molecule has 0 spiro atoms. The van der Waals surface area contributed by atoms with Gasteiger partial charge in [0.2, 0.25) is 0 Å². The molecular formula is C12H10N2O3S2. The number of hydrogen-bond acceptors (Lipinski definition) is 5. The van der Waals surface area contributed by atoms with E-state index < -0.39 is 5.97 Å². The number of anilines is 1. The van der Waals surface area contributed by atoms with Gasteiger partial charge in [0.15, 0.2) is 5.13 Å². The minimum absolute atomic E-state index is 0.199. The molecular weight excluding hydrogens is 284 g/mol. The molecule has 0 saturated carbocycles. The minimum Gasteiger partial charge on any atom is -0.478 e. The first kappa shape index (κ1) is 13.4. The predicted molar refractivity (Wildman–Crippen MR) is 75.8 cm³/mol. The number of carboxylic acid groups (broad SMARTS) is 1. The molecule has 0 unspecified atom stereocenters. The van der Waals surface area contributed by atoms with Crippen LogP contribution in [-0.2, 0) is 4.79 Å². The zero-order valence-corrected chi connectivity index (χ0v) is 11.5. The number of carbonyl (C=O) groups excluding carboxylic acids is 1. The molecule has 98 valence electrons. The normalized spacial score (nSPS) is 10.8. The van der Waals surface area contributed by atoms with E-state index in [0.717, 1.165) is 11.6 Å². The second kappa shape index (κ2) is 5.77. The topological polar surface area (TPSA) is 79.3 Å². The average molecular weight is 294 g/mol. The number of thiazole rings is 1. The third kappa shape index (κ3) is 3.49. The van der Waals surface area contributed by atoms with Crippen molar-refractivity contribution in [2.75, 3.05) is 5.32 Å². The maximum atomic E-state index is 11.9. The molecule has 0 aromatic carbocycles. The first-order valence-electron chi connectivity index (χ1n) is 5.28. The second-order valence-electron chi connectivity index (χ2n) is 3.63. The molecule has 7 heteroatoms. The molecule has 2 aromatic heterocycles. The fraction of sp³-hybridized carbons (Fsp3) is 0.0833. The number of nitrogens with zero attached hydrogens (tertiary/aromatic N) is 1. The Bertz CT molecular complexity index is 643. The van der Waals surface area contributed by atoms with Gasteiger partial charge in [0.25, 0.3) is 5.91 Å². The van der Waals surface area contributed by atoms with Crippen LogP contribution in [-0.4, -0.2) is 22.0 Å². The Morgan fingerprint density at radius 2 is 2.26 bits per heavy atom. The van der Waals surface area contributed by atoms with Crippen molar-refractivity contribution in [1.82, 2.24) is 4.98 Å². The van der Waals surface area contributed by atoms with Crippen molar-refractivity contribution in [3.05, 3.63) is 39.0 Å². The van der Waals surface area contributed by atoms with Crippen molar-refractivity contribution in [2.45, 2.75) is 6.92 Å². The number of aromatic nitrogens is 1. The summed E-state index contributed by atoms with van der Waals surface area (Å²) in [5.74, 6) is -1.22. The van der Waals surface area contributed by atoms with E-state index in [9.17, 15) is 9.59 Å². The van der Waals surface area contributed by atoms with E-state index >= 15 is 0 Å². The molecule has 5 nitrogen and oxygen atoms in total. The van der Waals surface area contributed by atoms with Gasteiger partial charge in [0.1, 0.15) is 0 Å². The van der Waals surface area contributed by atoms with E-state index in [0.29, 0.717) is 14.9 Å². The SMILES string of the molecule is Cc1ccsc1C(=O)Nc1ncc(/C=C/C(=O)O)s1. The van der Waals surface area contributed by atoms with E-state index in [-0.39, 0.29) is 5.91 Å². The number of amides is 1. The Labute approximate surface area is 117 Å². The van der Waals surface area contributed by atoms with Crippen LogP contribution in [0.3, 0.4) is 0 Å². The lowest BCUT2D eigenvalue weighted by atomic mass is 10.3. The Kier molecular flexibility index (Phi) is 4.08. The highest BCUT2D eigenvalue weighted by atomic mass is 32.1. The maximum Gasteiger partial charge on any atom is 0.328 e. The van der Waals surface area contributed by atoms with Crippen molar-refractivity contribution >= 4 is 45.8 Å². The van der Waals surface area contributed by atoms with Gasteiger partial charge in [-0.3, -0.25) is 10.1 Å². The molecule has 2 aromatic rings. The van der Waals surface area contributed by atoms with Crippen LogP contribution in [0, 0.1) is 6.92 Å². The van der Waals surface area contributed by atoms with Gasteiger partial charge in [-0.05, 0) is 30.0 Å². The second-order valence-corrected chi connectivity index (χ2v) is 5.60. The van der Waals surface area contributed by atoms with Crippen molar-refractivity contribution < 1.29 is 14.7 Å². The highest BCUT2D eigenvalue weighted by Gasteiger charge is 2.12. The number of carbonyl (C=O) groups is 2. The number of thiophene rings is 1. The van der Waals surface area contributed by atoms with E-state index in [1.807, 2.05) is 18.4 Å². The summed E-state index contributed by atoms with van der Waals surface area (Å²) in [6, 6.07) is 1.88. The summed E-state index contributed by atoms with van der Waals surface area (Å²) in [6.45, 7) is 1.87. The molecule has 0 fully saturated rings. The first-order valence-corrected chi connectivity index (χ1v) is 6.98. The molecule has 2 rings (SSSR count). The zero-order valence-electron chi connectivity index (χ0n) is 9.91. The Morgan fingerprint density at radius 3 is 2.89 bits per heavy atom. The van der Waals surface area contributed by atoms with E-state index in [4.69, 9.17) is 5.11 Å². The Morgan fingerprint density at radius 1 is 1.47 bits per heavy atom. The summed E-state index contributed by atoms with van der Waals surface area (Å²) in [7, 11) is 0. The van der Waals surface area contributed by atoms with Gasteiger partial charge >= 0.3 is 5.97 Å². The van der Waals surface area contributed by atoms with Gasteiger partial charge < -0.3 is 5.11 Å². The smallest absolute Gasteiger partial charge is 0.328 e. The fourth-order valence-corrected chi connectivity index (χ4v) is 2.87. The summed E-state index contributed by atoms with van der Waals surface area (Å²) in [6.07, 6.45) is 3.98. The lowest BCUT2D eigenvalue weighted by Gasteiger charge is -1.99. The number of aryl methyl sites for hydroxylation is 1. The first-order chi connectivity index (χ1) is 9.06. The van der Waals surface area contributed by atoms with Crippen molar-refractivity contribution in [2.24, 2.45) is 0 Å². The van der Waals surface area contributed by atoms with Crippen LogP contribution >= 0.6 is 22.7 Å². The number of rotatable bonds is 4. The summed E-state index contributed by atoms with van der Waals surface area (Å²) in [5.41, 5.74) is 0.921. The fourth-order valence-electron chi connectivity index (χ4n) is 1.33. The van der Waals surface area contributed by atoms with Crippen molar-refractivity contribution in [1.29, 1.82) is 0 Å². The third-order valence-electron chi connectivity index (χ3n) is 2.20. The van der Waals surface area contributed by atoms with Crippen LogP contribution in [0.2, 0.25) is 0 Å². The number of carboxylic acids is 1. The predicted octanol–water partition coefficient (Wildman–Crippen LogP) is 2.86. The summed E-state index contributed by atoms with van der Waals surface area (Å²) < 4.78 is 0. The molecule has 0 bridgehead atoms. The van der Waals surface area contributed by atoms with Crippen molar-refractivity contribution in [3.8, 4) is 0 Å². The molecule has 19 heavy (non-hydrogen) atoms. The summed E-state index contributed by atoms with van der Waals surface area (Å²) in [5, 5.41) is 13.5. The number of hydrogen-bond donors (Lipinski definition) is 2. The van der Waals surface area contributed by atoms with Gasteiger partial charge in [0.05, 0.1) is 4.88 Å². The third-order valence-corrected chi connectivity index (χ3v) is 4.10. The van der Waals surface area contributed by atoms with E-state index in [1.165, 1.54) is 34.9 Å². The summed E-state index contributed by atoms with van der Waals surface area (Å²) in [4.78, 5) is 27.6. The summed E-state index contributed by atoms with van der Waals surface area (Å²) >= 11 is 2.59. The highest BCUT2D eigenvalue weighted by molar-refractivity contribution is 7.16. The van der Waals surface area contributed by atoms with Crippen LogP contribution in [0.1, 0.15) is 20.1 Å². The highest BCUT2D eigenvalue weighted by Crippen LogP contribution is 2.22.